The van der Waals surface area contributed by atoms with Crippen LogP contribution in [0, 0.1) is 18.6 Å². The summed E-state index contributed by atoms with van der Waals surface area (Å²) in [6.45, 7) is 1.63. The maximum atomic E-state index is 13.2. The van der Waals surface area contributed by atoms with E-state index in [9.17, 15) is 8.78 Å². The molecule has 5 heteroatoms. The fraction of sp³-hybridized carbons (Fsp3) is 0.333. The number of rotatable bonds is 3. The van der Waals surface area contributed by atoms with Crippen LogP contribution >= 0.6 is 0 Å². The van der Waals surface area contributed by atoms with Crippen molar-refractivity contribution in [3.05, 3.63) is 45.3 Å². The van der Waals surface area contributed by atoms with Gasteiger partial charge in [-0.15, -0.1) is 0 Å². The van der Waals surface area contributed by atoms with Crippen LogP contribution in [0.15, 0.2) is 17.2 Å². The first kappa shape index (κ1) is 10.5. The Morgan fingerprint density at radius 2 is 2.07 bits per heavy atom. The molecule has 0 spiro atoms. The lowest BCUT2D eigenvalue weighted by atomic mass is 10.1. The molecule has 1 rings (SSSR count). The Labute approximate surface area is 80.0 Å². The zero-order valence-corrected chi connectivity index (χ0v) is 7.67. The van der Waals surface area contributed by atoms with E-state index in [0.29, 0.717) is 0 Å². The minimum atomic E-state index is -0.461. The van der Waals surface area contributed by atoms with Gasteiger partial charge in [0.2, 0.25) is 0 Å². The Morgan fingerprint density at radius 3 is 2.71 bits per heavy atom. The lowest BCUT2D eigenvalue weighted by Gasteiger charge is -2.03. The molecule has 0 aliphatic heterocycles. The molecule has 0 saturated heterocycles. The van der Waals surface area contributed by atoms with Crippen LogP contribution < -0.4 is 0 Å². The van der Waals surface area contributed by atoms with E-state index >= 15 is 0 Å². The van der Waals surface area contributed by atoms with Crippen molar-refractivity contribution >= 4 is 0 Å². The maximum Gasteiger partial charge on any atom is 0.126 e. The molecular weight excluding hydrogens is 188 g/mol. The summed E-state index contributed by atoms with van der Waals surface area (Å²) in [5.41, 5.74) is 8.51. The Hall–Kier alpha value is -1.61. The van der Waals surface area contributed by atoms with E-state index < -0.39 is 11.6 Å². The highest BCUT2D eigenvalue weighted by atomic mass is 19.1. The van der Waals surface area contributed by atoms with Crippen molar-refractivity contribution in [2.24, 2.45) is 5.11 Å². The van der Waals surface area contributed by atoms with Gasteiger partial charge in [-0.25, -0.2) is 8.78 Å². The minimum absolute atomic E-state index is 0.135. The fourth-order valence-corrected chi connectivity index (χ4v) is 1.09. The lowest BCUT2D eigenvalue weighted by Crippen LogP contribution is -1.96. The van der Waals surface area contributed by atoms with Gasteiger partial charge in [-0.1, -0.05) is 5.11 Å². The summed E-state index contributed by atoms with van der Waals surface area (Å²) in [5.74, 6) is -0.903. The number of hydrogen-bond acceptors (Lipinski definition) is 1. The largest absolute Gasteiger partial charge is 0.207 e. The molecule has 0 radical (unpaired) electrons. The van der Waals surface area contributed by atoms with Gasteiger partial charge in [0.25, 0.3) is 0 Å². The van der Waals surface area contributed by atoms with E-state index in [1.165, 1.54) is 6.92 Å². The van der Waals surface area contributed by atoms with Gasteiger partial charge >= 0.3 is 0 Å². The third kappa shape index (κ3) is 2.44. The number of halogens is 2. The van der Waals surface area contributed by atoms with E-state index in [-0.39, 0.29) is 24.1 Å². The first-order valence-electron chi connectivity index (χ1n) is 4.10. The predicted molar refractivity (Wildman–Crippen MR) is 48.8 cm³/mol. The molecule has 0 aromatic heterocycles. The summed E-state index contributed by atoms with van der Waals surface area (Å²) in [7, 11) is 0. The van der Waals surface area contributed by atoms with Gasteiger partial charge in [-0.05, 0) is 42.1 Å². The van der Waals surface area contributed by atoms with Crippen molar-refractivity contribution in [2.45, 2.75) is 13.3 Å². The van der Waals surface area contributed by atoms with Gasteiger partial charge in [0.05, 0.1) is 0 Å². The number of azide groups is 1. The van der Waals surface area contributed by atoms with Crippen LogP contribution in [0.1, 0.15) is 11.1 Å². The van der Waals surface area contributed by atoms with Crippen molar-refractivity contribution in [3.63, 3.8) is 0 Å². The molecule has 1 aromatic rings. The van der Waals surface area contributed by atoms with Crippen LogP contribution in [0.3, 0.4) is 0 Å². The third-order valence-electron chi connectivity index (χ3n) is 1.87. The van der Waals surface area contributed by atoms with Crippen molar-refractivity contribution in [2.75, 3.05) is 6.54 Å². The van der Waals surface area contributed by atoms with Gasteiger partial charge < -0.3 is 0 Å². The molecule has 14 heavy (non-hydrogen) atoms. The summed E-state index contributed by atoms with van der Waals surface area (Å²) in [5, 5.41) is 3.25. The zero-order valence-electron chi connectivity index (χ0n) is 7.67. The Balaban J connectivity index is 2.86. The number of hydrogen-bond donors (Lipinski definition) is 0. The highest BCUT2D eigenvalue weighted by molar-refractivity contribution is 5.25. The highest BCUT2D eigenvalue weighted by Gasteiger charge is 2.06. The Morgan fingerprint density at radius 1 is 1.36 bits per heavy atom. The molecule has 74 valence electrons. The number of aryl methyl sites for hydroxylation is 1. The van der Waals surface area contributed by atoms with Gasteiger partial charge in [-0.3, -0.25) is 0 Å². The normalized spacial score (nSPS) is 9.64. The summed E-state index contributed by atoms with van der Waals surface area (Å²) in [6, 6.07) is 2.28. The van der Waals surface area contributed by atoms with Crippen molar-refractivity contribution in [1.29, 1.82) is 0 Å². The summed E-state index contributed by atoms with van der Waals surface area (Å²) < 4.78 is 26.2. The maximum absolute atomic E-state index is 13.2. The van der Waals surface area contributed by atoms with Crippen LogP contribution in [0.5, 0.6) is 0 Å². The summed E-state index contributed by atoms with van der Waals surface area (Å²) in [6.07, 6.45) is 0.215. The van der Waals surface area contributed by atoms with Crippen LogP contribution in [-0.4, -0.2) is 6.54 Å². The molecule has 0 unspecified atom stereocenters. The van der Waals surface area contributed by atoms with E-state index in [1.807, 2.05) is 0 Å². The van der Waals surface area contributed by atoms with Gasteiger partial charge in [0.1, 0.15) is 11.6 Å². The quantitative estimate of drug-likeness (QED) is 0.406. The molecule has 0 atom stereocenters. The second-order valence-corrected chi connectivity index (χ2v) is 2.90. The van der Waals surface area contributed by atoms with Crippen LogP contribution in [0.2, 0.25) is 0 Å². The SMILES string of the molecule is Cc1cc(F)c(CCN=[N+]=[N-])cc1F. The van der Waals surface area contributed by atoms with Crippen LogP contribution in [0.4, 0.5) is 8.78 Å². The Kier molecular flexibility index (Phi) is 3.42. The van der Waals surface area contributed by atoms with E-state index in [4.69, 9.17) is 5.53 Å². The average molecular weight is 197 g/mol. The molecular formula is C9H9F2N3. The number of nitrogens with zero attached hydrogens (tertiary/aromatic N) is 3. The topological polar surface area (TPSA) is 48.8 Å². The first-order valence-corrected chi connectivity index (χ1v) is 4.10. The predicted octanol–water partition coefficient (Wildman–Crippen LogP) is 3.13. The van der Waals surface area contributed by atoms with E-state index in [2.05, 4.69) is 10.0 Å². The molecule has 0 heterocycles. The molecule has 0 saturated carbocycles. The summed E-state index contributed by atoms with van der Waals surface area (Å²) >= 11 is 0. The zero-order chi connectivity index (χ0) is 10.6. The van der Waals surface area contributed by atoms with Crippen molar-refractivity contribution < 1.29 is 8.78 Å². The molecule has 0 aliphatic rings. The third-order valence-corrected chi connectivity index (χ3v) is 1.87. The average Bonchev–Trinajstić information content (AvgIpc) is 2.14. The van der Waals surface area contributed by atoms with Crippen molar-refractivity contribution in [3.8, 4) is 0 Å². The minimum Gasteiger partial charge on any atom is -0.207 e. The molecule has 0 bridgehead atoms. The van der Waals surface area contributed by atoms with Crippen molar-refractivity contribution in [1.82, 2.24) is 0 Å². The monoisotopic (exact) mass is 197 g/mol. The van der Waals surface area contributed by atoms with Gasteiger partial charge in [-0.2, -0.15) is 0 Å². The molecule has 0 aliphatic carbocycles. The lowest BCUT2D eigenvalue weighted by molar-refractivity contribution is 0.578. The standard InChI is InChI=1S/C9H9F2N3/c1-6-4-9(11)7(5-8(6)10)2-3-13-14-12/h4-5H,2-3H2,1H3. The first-order chi connectivity index (χ1) is 6.65. The molecule has 0 fully saturated rings. The molecule has 1 aromatic carbocycles. The highest BCUT2D eigenvalue weighted by Crippen LogP contribution is 2.14. The van der Waals surface area contributed by atoms with E-state index in [1.54, 1.807) is 0 Å². The molecule has 0 amide bonds. The van der Waals surface area contributed by atoms with Crippen LogP contribution in [0.25, 0.3) is 10.4 Å². The van der Waals surface area contributed by atoms with Gasteiger partial charge in [0.15, 0.2) is 0 Å². The smallest absolute Gasteiger partial charge is 0.126 e. The Bertz CT molecular complexity index is 384. The second kappa shape index (κ2) is 4.58. The van der Waals surface area contributed by atoms with Crippen LogP contribution in [-0.2, 0) is 6.42 Å². The van der Waals surface area contributed by atoms with E-state index in [0.717, 1.165) is 12.1 Å². The second-order valence-electron chi connectivity index (χ2n) is 2.90. The van der Waals surface area contributed by atoms with Gasteiger partial charge in [0, 0.05) is 11.5 Å². The summed E-state index contributed by atoms with van der Waals surface area (Å²) in [4.78, 5) is 2.53. The molecule has 0 N–H and O–H groups in total. The molecule has 3 nitrogen and oxygen atoms in total. The number of benzene rings is 1. The fourth-order valence-electron chi connectivity index (χ4n) is 1.09.